The topological polar surface area (TPSA) is 55.1 Å². The minimum Gasteiger partial charge on any atom is -0.352 e. The standard InChI is InChI=1S/C20H30N2OS/c21-16-12-14-6-4-7-15(13-16)18(14)22-19(23)20(9-2-1-3-10-20)17-8-5-11-24-17/h5,8,11,14-16,18H,1-4,6-7,9-10,12-13,21H2,(H,22,23). The van der Waals surface area contributed by atoms with Crippen LogP contribution in [0.3, 0.4) is 0 Å². The van der Waals surface area contributed by atoms with E-state index in [1.807, 2.05) is 0 Å². The molecular formula is C20H30N2OS. The second kappa shape index (κ2) is 6.80. The number of fused-ring (bicyclic) bond motifs is 2. The predicted octanol–water partition coefficient (Wildman–Crippen LogP) is 3.97. The lowest BCUT2D eigenvalue weighted by Gasteiger charge is -2.47. The van der Waals surface area contributed by atoms with Crippen LogP contribution in [0.4, 0.5) is 0 Å². The number of carbonyl (C=O) groups is 1. The molecule has 1 aromatic rings. The van der Waals surface area contributed by atoms with Gasteiger partial charge in [0.1, 0.15) is 0 Å². The van der Waals surface area contributed by atoms with Crippen LogP contribution in [0.25, 0.3) is 0 Å². The maximum Gasteiger partial charge on any atom is 0.231 e. The van der Waals surface area contributed by atoms with Gasteiger partial charge in [-0.2, -0.15) is 0 Å². The summed E-state index contributed by atoms with van der Waals surface area (Å²) < 4.78 is 0. The zero-order valence-corrected chi connectivity index (χ0v) is 15.3. The molecule has 3 aliphatic rings. The Morgan fingerprint density at radius 1 is 1.12 bits per heavy atom. The third-order valence-electron chi connectivity index (χ3n) is 6.81. The molecule has 3 aliphatic carbocycles. The molecule has 3 saturated carbocycles. The average Bonchev–Trinajstić information content (AvgIpc) is 3.11. The minimum atomic E-state index is -0.264. The van der Waals surface area contributed by atoms with Gasteiger partial charge in [-0.05, 0) is 61.8 Å². The van der Waals surface area contributed by atoms with E-state index in [0.29, 0.717) is 29.8 Å². The van der Waals surface area contributed by atoms with E-state index in [4.69, 9.17) is 5.73 Å². The number of amides is 1. The van der Waals surface area contributed by atoms with E-state index in [1.54, 1.807) is 11.3 Å². The number of nitrogens with two attached hydrogens (primary N) is 1. The van der Waals surface area contributed by atoms with Gasteiger partial charge in [-0.3, -0.25) is 4.79 Å². The molecule has 1 aromatic heterocycles. The van der Waals surface area contributed by atoms with Crippen LogP contribution < -0.4 is 11.1 Å². The van der Waals surface area contributed by atoms with Gasteiger partial charge in [0, 0.05) is 17.0 Å². The van der Waals surface area contributed by atoms with Crippen LogP contribution in [0.2, 0.25) is 0 Å². The fourth-order valence-electron chi connectivity index (χ4n) is 5.61. The molecule has 0 saturated heterocycles. The van der Waals surface area contributed by atoms with Crippen LogP contribution in [0.1, 0.15) is 69.1 Å². The first kappa shape index (κ1) is 16.6. The van der Waals surface area contributed by atoms with Crippen molar-refractivity contribution < 1.29 is 4.79 Å². The summed E-state index contributed by atoms with van der Waals surface area (Å²) in [6, 6.07) is 4.98. The quantitative estimate of drug-likeness (QED) is 0.870. The number of nitrogens with one attached hydrogen (secondary N) is 1. The molecule has 3 nitrogen and oxygen atoms in total. The summed E-state index contributed by atoms with van der Waals surface area (Å²) in [5.41, 5.74) is 5.99. The maximum absolute atomic E-state index is 13.5. The lowest BCUT2D eigenvalue weighted by atomic mass is 9.66. The molecule has 3 fully saturated rings. The van der Waals surface area contributed by atoms with Gasteiger partial charge in [0.2, 0.25) is 5.91 Å². The summed E-state index contributed by atoms with van der Waals surface area (Å²) in [6.45, 7) is 0. The molecule has 0 radical (unpaired) electrons. The first-order chi connectivity index (χ1) is 11.7. The van der Waals surface area contributed by atoms with Crippen molar-refractivity contribution in [3.63, 3.8) is 0 Å². The minimum absolute atomic E-state index is 0.264. The van der Waals surface area contributed by atoms with Crippen molar-refractivity contribution in [3.05, 3.63) is 22.4 Å². The largest absolute Gasteiger partial charge is 0.352 e. The van der Waals surface area contributed by atoms with E-state index in [0.717, 1.165) is 25.7 Å². The van der Waals surface area contributed by atoms with Gasteiger partial charge in [-0.25, -0.2) is 0 Å². The Bertz CT molecular complexity index is 550. The molecule has 4 heteroatoms. The molecule has 1 amide bonds. The molecule has 0 aromatic carbocycles. The molecule has 2 unspecified atom stereocenters. The van der Waals surface area contributed by atoms with Crippen molar-refractivity contribution in [1.29, 1.82) is 0 Å². The van der Waals surface area contributed by atoms with Gasteiger partial charge in [0.05, 0.1) is 5.41 Å². The van der Waals surface area contributed by atoms with Gasteiger partial charge in [-0.15, -0.1) is 11.3 Å². The highest BCUT2D eigenvalue weighted by Gasteiger charge is 2.46. The second-order valence-corrected chi connectivity index (χ2v) is 9.25. The van der Waals surface area contributed by atoms with Crippen LogP contribution in [-0.2, 0) is 10.2 Å². The smallest absolute Gasteiger partial charge is 0.231 e. The van der Waals surface area contributed by atoms with E-state index in [2.05, 4.69) is 22.8 Å². The van der Waals surface area contributed by atoms with E-state index in [9.17, 15) is 4.79 Å². The van der Waals surface area contributed by atoms with Gasteiger partial charge in [0.15, 0.2) is 0 Å². The Kier molecular flexibility index (Phi) is 4.70. The molecular weight excluding hydrogens is 316 g/mol. The fraction of sp³-hybridized carbons (Fsp3) is 0.750. The SMILES string of the molecule is NC1CC2CCCC(C1)C2NC(=O)C1(c2cccs2)CCCCC1. The Hall–Kier alpha value is -0.870. The van der Waals surface area contributed by atoms with Crippen molar-refractivity contribution in [1.82, 2.24) is 5.32 Å². The number of hydrogen-bond donors (Lipinski definition) is 2. The van der Waals surface area contributed by atoms with Gasteiger partial charge in [-0.1, -0.05) is 31.7 Å². The van der Waals surface area contributed by atoms with Crippen molar-refractivity contribution in [2.45, 2.75) is 81.7 Å². The van der Waals surface area contributed by atoms with E-state index in [1.165, 1.54) is 43.4 Å². The van der Waals surface area contributed by atoms with Crippen molar-refractivity contribution in [2.75, 3.05) is 0 Å². The summed E-state index contributed by atoms with van der Waals surface area (Å²) in [7, 11) is 0. The van der Waals surface area contributed by atoms with Crippen LogP contribution in [0.15, 0.2) is 17.5 Å². The van der Waals surface area contributed by atoms with E-state index >= 15 is 0 Å². The molecule has 3 N–H and O–H groups in total. The highest BCUT2D eigenvalue weighted by atomic mass is 32.1. The molecule has 2 atom stereocenters. The fourth-order valence-corrected chi connectivity index (χ4v) is 6.59. The molecule has 132 valence electrons. The first-order valence-electron chi connectivity index (χ1n) is 9.79. The summed E-state index contributed by atoms with van der Waals surface area (Å²) in [6.07, 6.45) is 11.6. The average molecular weight is 347 g/mol. The third kappa shape index (κ3) is 2.92. The lowest BCUT2D eigenvalue weighted by Crippen LogP contribution is -2.57. The summed E-state index contributed by atoms with van der Waals surface area (Å²) in [4.78, 5) is 14.7. The molecule has 1 heterocycles. The monoisotopic (exact) mass is 346 g/mol. The third-order valence-corrected chi connectivity index (χ3v) is 7.88. The van der Waals surface area contributed by atoms with Crippen LogP contribution >= 0.6 is 11.3 Å². The molecule has 0 spiro atoms. The van der Waals surface area contributed by atoms with Crippen LogP contribution in [-0.4, -0.2) is 18.0 Å². The highest BCUT2D eigenvalue weighted by Crippen LogP contribution is 2.44. The summed E-state index contributed by atoms with van der Waals surface area (Å²) >= 11 is 1.76. The van der Waals surface area contributed by atoms with Gasteiger partial charge in [0.25, 0.3) is 0 Å². The first-order valence-corrected chi connectivity index (χ1v) is 10.7. The molecule has 2 bridgehead atoms. The lowest BCUT2D eigenvalue weighted by molar-refractivity contribution is -0.130. The molecule has 24 heavy (non-hydrogen) atoms. The number of rotatable bonds is 3. The number of thiophene rings is 1. The Balaban J connectivity index is 1.55. The summed E-state index contributed by atoms with van der Waals surface area (Å²) in [5.74, 6) is 1.50. The van der Waals surface area contributed by atoms with Crippen molar-refractivity contribution >= 4 is 17.2 Å². The van der Waals surface area contributed by atoms with Crippen LogP contribution in [0, 0.1) is 11.8 Å². The van der Waals surface area contributed by atoms with Crippen molar-refractivity contribution in [3.8, 4) is 0 Å². The Morgan fingerprint density at radius 3 is 2.46 bits per heavy atom. The second-order valence-electron chi connectivity index (χ2n) is 8.30. The summed E-state index contributed by atoms with van der Waals surface area (Å²) in [5, 5.41) is 5.67. The van der Waals surface area contributed by atoms with Crippen LogP contribution in [0.5, 0.6) is 0 Å². The Morgan fingerprint density at radius 2 is 1.83 bits per heavy atom. The number of hydrogen-bond acceptors (Lipinski definition) is 3. The zero-order chi connectivity index (χ0) is 16.6. The normalized spacial score (nSPS) is 35.4. The highest BCUT2D eigenvalue weighted by molar-refractivity contribution is 7.10. The van der Waals surface area contributed by atoms with Gasteiger partial charge >= 0.3 is 0 Å². The van der Waals surface area contributed by atoms with Gasteiger partial charge < -0.3 is 11.1 Å². The molecule has 4 rings (SSSR count). The number of carbonyl (C=O) groups excluding carboxylic acids is 1. The zero-order valence-electron chi connectivity index (χ0n) is 14.5. The predicted molar refractivity (Wildman–Crippen MR) is 99.1 cm³/mol. The van der Waals surface area contributed by atoms with Crippen molar-refractivity contribution in [2.24, 2.45) is 17.6 Å². The van der Waals surface area contributed by atoms with E-state index < -0.39 is 0 Å². The maximum atomic E-state index is 13.5. The molecule has 0 aliphatic heterocycles. The van der Waals surface area contributed by atoms with E-state index in [-0.39, 0.29) is 5.41 Å². The Labute approximate surface area is 149 Å².